The highest BCUT2D eigenvalue weighted by atomic mass is 35.5. The first-order valence-corrected chi connectivity index (χ1v) is 12.8. The molecule has 0 saturated heterocycles. The van der Waals surface area contributed by atoms with Crippen LogP contribution in [0.15, 0.2) is 103 Å². The van der Waals surface area contributed by atoms with E-state index in [2.05, 4.69) is 5.32 Å². The van der Waals surface area contributed by atoms with Crippen molar-refractivity contribution in [1.29, 1.82) is 5.26 Å². The van der Waals surface area contributed by atoms with E-state index in [-0.39, 0.29) is 5.57 Å². The van der Waals surface area contributed by atoms with Crippen LogP contribution < -0.4 is 19.5 Å². The third-order valence-electron chi connectivity index (χ3n) is 5.59. The zero-order valence-corrected chi connectivity index (χ0v) is 22.2. The number of amides is 1. The molecule has 0 bridgehead atoms. The maximum atomic E-state index is 12.5. The number of anilines is 1. The molecule has 4 aromatic carbocycles. The van der Waals surface area contributed by atoms with Crippen LogP contribution in [0.4, 0.5) is 5.69 Å². The summed E-state index contributed by atoms with van der Waals surface area (Å²) in [6.45, 7) is 3.23. The number of nitrogens with zero attached hydrogens (tertiary/aromatic N) is 1. The van der Waals surface area contributed by atoms with Crippen LogP contribution in [-0.4, -0.2) is 12.5 Å². The van der Waals surface area contributed by atoms with Crippen LogP contribution >= 0.6 is 11.6 Å². The van der Waals surface area contributed by atoms with Gasteiger partial charge in [-0.2, -0.15) is 5.26 Å². The molecule has 0 saturated carbocycles. The quantitative estimate of drug-likeness (QED) is 0.158. The molecular weight excluding hydrogens is 512 g/mol. The van der Waals surface area contributed by atoms with Crippen molar-refractivity contribution in [3.8, 4) is 23.3 Å². The lowest BCUT2D eigenvalue weighted by Gasteiger charge is -2.14. The van der Waals surface area contributed by atoms with E-state index < -0.39 is 5.91 Å². The van der Waals surface area contributed by atoms with Gasteiger partial charge in [0.05, 0.1) is 6.61 Å². The van der Waals surface area contributed by atoms with Crippen LogP contribution in [0.3, 0.4) is 0 Å². The van der Waals surface area contributed by atoms with Gasteiger partial charge in [0.2, 0.25) is 0 Å². The second-order valence-corrected chi connectivity index (χ2v) is 8.92. The molecule has 1 amide bonds. The number of ether oxygens (including phenoxy) is 3. The van der Waals surface area contributed by atoms with Crippen molar-refractivity contribution < 1.29 is 19.0 Å². The molecule has 0 atom stereocenters. The van der Waals surface area contributed by atoms with Crippen molar-refractivity contribution in [2.24, 2.45) is 0 Å². The van der Waals surface area contributed by atoms with E-state index in [1.807, 2.05) is 61.5 Å². The number of rotatable bonds is 11. The Hall–Kier alpha value is -4.73. The van der Waals surface area contributed by atoms with Crippen LogP contribution in [0.25, 0.3) is 6.08 Å². The Morgan fingerprint density at radius 2 is 1.62 bits per heavy atom. The minimum atomic E-state index is -0.513. The number of nitrogens with one attached hydrogen (secondary N) is 1. The molecule has 0 radical (unpaired) electrons. The van der Waals surface area contributed by atoms with Crippen LogP contribution in [-0.2, 0) is 18.0 Å². The van der Waals surface area contributed by atoms with Gasteiger partial charge in [-0.1, -0.05) is 66.2 Å². The van der Waals surface area contributed by atoms with Gasteiger partial charge < -0.3 is 19.5 Å². The lowest BCUT2D eigenvalue weighted by molar-refractivity contribution is -0.112. The molecule has 7 heteroatoms. The van der Waals surface area contributed by atoms with Gasteiger partial charge in [0.1, 0.15) is 30.6 Å². The Labute approximate surface area is 233 Å². The summed E-state index contributed by atoms with van der Waals surface area (Å²) in [7, 11) is 0. The molecule has 4 aromatic rings. The summed E-state index contributed by atoms with van der Waals surface area (Å²) in [5, 5.41) is 12.7. The average molecular weight is 539 g/mol. The van der Waals surface area contributed by atoms with E-state index >= 15 is 0 Å². The maximum Gasteiger partial charge on any atom is 0.266 e. The summed E-state index contributed by atoms with van der Waals surface area (Å²) in [5.41, 5.74) is 3.19. The minimum absolute atomic E-state index is 0.0262. The second kappa shape index (κ2) is 13.7. The highest BCUT2D eigenvalue weighted by molar-refractivity contribution is 6.31. The standard InChI is InChI=1S/C32H27ClN2O4/c1-2-37-31-18-25(13-16-30(31)39-21-24-7-4-3-5-8-24)22-38-29-14-11-23(12-15-29)17-26(20-34)32(36)35-28-10-6-9-27(33)19-28/h3-19H,2,21-22H2,1H3,(H,35,36)/b26-17-. The molecule has 0 spiro atoms. The van der Waals surface area contributed by atoms with Crippen LogP contribution in [0.1, 0.15) is 23.6 Å². The van der Waals surface area contributed by atoms with Crippen molar-refractivity contribution in [2.75, 3.05) is 11.9 Å². The number of hydrogen-bond acceptors (Lipinski definition) is 5. The SMILES string of the molecule is CCOc1cc(COc2ccc(/C=C(/C#N)C(=O)Nc3cccc(Cl)c3)cc2)ccc1OCc1ccccc1. The topological polar surface area (TPSA) is 80.6 Å². The number of carbonyl (C=O) groups is 1. The number of carbonyl (C=O) groups excluding carboxylic acids is 1. The monoisotopic (exact) mass is 538 g/mol. The third-order valence-corrected chi connectivity index (χ3v) is 5.82. The Balaban J connectivity index is 1.36. The fourth-order valence-electron chi connectivity index (χ4n) is 3.67. The van der Waals surface area contributed by atoms with E-state index in [1.54, 1.807) is 48.5 Å². The number of halogens is 1. The molecule has 6 nitrogen and oxygen atoms in total. The first-order valence-electron chi connectivity index (χ1n) is 12.4. The van der Waals surface area contributed by atoms with Gasteiger partial charge >= 0.3 is 0 Å². The van der Waals surface area contributed by atoms with Gasteiger partial charge in [-0.3, -0.25) is 4.79 Å². The summed E-state index contributed by atoms with van der Waals surface area (Å²) in [6, 6.07) is 31.5. The van der Waals surface area contributed by atoms with Gasteiger partial charge in [0.15, 0.2) is 11.5 Å². The Morgan fingerprint density at radius 1 is 0.846 bits per heavy atom. The molecule has 0 aliphatic heterocycles. The summed E-state index contributed by atoms with van der Waals surface area (Å²) in [5.74, 6) is 1.47. The fraction of sp³-hybridized carbons (Fsp3) is 0.125. The molecule has 4 rings (SSSR count). The van der Waals surface area contributed by atoms with E-state index in [1.165, 1.54) is 6.08 Å². The Kier molecular flexibility index (Phi) is 9.60. The third kappa shape index (κ3) is 8.13. The van der Waals surface area contributed by atoms with Crippen molar-refractivity contribution in [1.82, 2.24) is 0 Å². The largest absolute Gasteiger partial charge is 0.490 e. The summed E-state index contributed by atoms with van der Waals surface area (Å²) in [4.78, 5) is 12.5. The predicted molar refractivity (Wildman–Crippen MR) is 153 cm³/mol. The van der Waals surface area contributed by atoms with Crippen LogP contribution in [0.5, 0.6) is 17.2 Å². The zero-order valence-electron chi connectivity index (χ0n) is 21.4. The Bertz CT molecular complexity index is 1480. The summed E-state index contributed by atoms with van der Waals surface area (Å²) >= 11 is 5.96. The zero-order chi connectivity index (χ0) is 27.5. The van der Waals surface area contributed by atoms with Crippen LogP contribution in [0.2, 0.25) is 5.02 Å². The van der Waals surface area contributed by atoms with Crippen LogP contribution in [0, 0.1) is 11.3 Å². The summed E-state index contributed by atoms with van der Waals surface area (Å²) < 4.78 is 17.7. The smallest absolute Gasteiger partial charge is 0.266 e. The molecule has 39 heavy (non-hydrogen) atoms. The van der Waals surface area contributed by atoms with E-state index in [0.717, 1.165) is 11.1 Å². The lowest BCUT2D eigenvalue weighted by atomic mass is 10.1. The first kappa shape index (κ1) is 27.3. The summed E-state index contributed by atoms with van der Waals surface area (Å²) in [6.07, 6.45) is 1.52. The van der Waals surface area contributed by atoms with E-state index in [0.29, 0.717) is 53.3 Å². The number of hydrogen-bond donors (Lipinski definition) is 1. The van der Waals surface area contributed by atoms with Crippen molar-refractivity contribution >= 4 is 29.3 Å². The lowest BCUT2D eigenvalue weighted by Crippen LogP contribution is -2.13. The Morgan fingerprint density at radius 3 is 2.33 bits per heavy atom. The highest BCUT2D eigenvalue weighted by Gasteiger charge is 2.11. The molecular formula is C32H27ClN2O4. The fourth-order valence-corrected chi connectivity index (χ4v) is 3.86. The average Bonchev–Trinajstić information content (AvgIpc) is 2.95. The molecule has 0 heterocycles. The molecule has 196 valence electrons. The van der Waals surface area contributed by atoms with Gasteiger partial charge in [0, 0.05) is 10.7 Å². The normalized spacial score (nSPS) is 10.8. The minimum Gasteiger partial charge on any atom is -0.490 e. The predicted octanol–water partition coefficient (Wildman–Crippen LogP) is 7.44. The van der Waals surface area contributed by atoms with Gasteiger partial charge in [0.25, 0.3) is 5.91 Å². The maximum absolute atomic E-state index is 12.5. The molecule has 0 aromatic heterocycles. The van der Waals surface area contributed by atoms with Crippen molar-refractivity contribution in [3.63, 3.8) is 0 Å². The molecule has 0 aliphatic rings. The van der Waals surface area contributed by atoms with Gasteiger partial charge in [-0.15, -0.1) is 0 Å². The number of benzene rings is 4. The highest BCUT2D eigenvalue weighted by Crippen LogP contribution is 2.30. The molecule has 1 N–H and O–H groups in total. The first-order chi connectivity index (χ1) is 19.0. The van der Waals surface area contributed by atoms with E-state index in [9.17, 15) is 10.1 Å². The van der Waals surface area contributed by atoms with Crippen molar-refractivity contribution in [2.45, 2.75) is 20.1 Å². The second-order valence-electron chi connectivity index (χ2n) is 8.48. The molecule has 0 unspecified atom stereocenters. The molecule has 0 aliphatic carbocycles. The number of nitriles is 1. The van der Waals surface area contributed by atoms with Crippen molar-refractivity contribution in [3.05, 3.63) is 124 Å². The van der Waals surface area contributed by atoms with Gasteiger partial charge in [-0.25, -0.2) is 0 Å². The van der Waals surface area contributed by atoms with E-state index in [4.69, 9.17) is 25.8 Å². The van der Waals surface area contributed by atoms with Gasteiger partial charge in [-0.05, 0) is 72.2 Å². The molecule has 0 fully saturated rings.